The lowest BCUT2D eigenvalue weighted by atomic mass is 9.99. The Morgan fingerprint density at radius 3 is 2.56 bits per heavy atom. The number of aryl methyl sites for hydroxylation is 1. The molecule has 140 valence electrons. The Labute approximate surface area is 165 Å². The standard InChI is InChI=1S/C22H22N2O2.ClH/c1-16-18-9-5-6-10-20(18)23-21-12-14-24(13-11-19(16)21)22(25)26-15-17-7-3-2-4-8-17;/h2-10H,11-15H2,1H3;1H. The maximum Gasteiger partial charge on any atom is 0.410 e. The number of halogens is 1. The Bertz CT molecular complexity index is 944. The van der Waals surface area contributed by atoms with Crippen molar-refractivity contribution >= 4 is 29.4 Å². The fourth-order valence-corrected chi connectivity index (χ4v) is 3.61. The van der Waals surface area contributed by atoms with Crippen molar-refractivity contribution in [2.75, 3.05) is 13.1 Å². The van der Waals surface area contributed by atoms with Crippen molar-refractivity contribution in [1.82, 2.24) is 9.88 Å². The molecule has 0 atom stereocenters. The summed E-state index contributed by atoms with van der Waals surface area (Å²) in [7, 11) is 0. The molecule has 2 heterocycles. The van der Waals surface area contributed by atoms with Gasteiger partial charge in [0.15, 0.2) is 0 Å². The molecule has 5 heteroatoms. The van der Waals surface area contributed by atoms with Gasteiger partial charge in [0, 0.05) is 30.6 Å². The molecule has 1 aliphatic heterocycles. The van der Waals surface area contributed by atoms with E-state index in [4.69, 9.17) is 9.72 Å². The molecule has 0 saturated heterocycles. The number of para-hydroxylation sites is 1. The summed E-state index contributed by atoms with van der Waals surface area (Å²) in [4.78, 5) is 19.1. The highest BCUT2D eigenvalue weighted by Gasteiger charge is 2.22. The number of amides is 1. The van der Waals surface area contributed by atoms with Gasteiger partial charge in [-0.05, 0) is 36.1 Å². The van der Waals surface area contributed by atoms with E-state index in [2.05, 4.69) is 19.1 Å². The minimum absolute atomic E-state index is 0. The number of benzene rings is 2. The normalized spacial score (nSPS) is 13.4. The molecular formula is C22H23ClN2O2. The van der Waals surface area contributed by atoms with Gasteiger partial charge in [0.25, 0.3) is 0 Å². The predicted molar refractivity (Wildman–Crippen MR) is 109 cm³/mol. The lowest BCUT2D eigenvalue weighted by Crippen LogP contribution is -2.33. The van der Waals surface area contributed by atoms with Crippen LogP contribution in [0, 0.1) is 6.92 Å². The third-order valence-electron chi connectivity index (χ3n) is 5.08. The Morgan fingerprint density at radius 1 is 1.04 bits per heavy atom. The quantitative estimate of drug-likeness (QED) is 0.645. The van der Waals surface area contributed by atoms with Gasteiger partial charge < -0.3 is 9.64 Å². The summed E-state index contributed by atoms with van der Waals surface area (Å²) < 4.78 is 5.50. The van der Waals surface area contributed by atoms with E-state index in [0.717, 1.165) is 29.6 Å². The van der Waals surface area contributed by atoms with Gasteiger partial charge in [-0.25, -0.2) is 4.79 Å². The van der Waals surface area contributed by atoms with Crippen LogP contribution in [-0.2, 0) is 24.2 Å². The Hall–Kier alpha value is -2.59. The van der Waals surface area contributed by atoms with E-state index in [-0.39, 0.29) is 18.5 Å². The number of carbonyl (C=O) groups is 1. The number of aromatic nitrogens is 1. The molecule has 1 amide bonds. The zero-order valence-electron chi connectivity index (χ0n) is 15.4. The second-order valence-electron chi connectivity index (χ2n) is 6.71. The number of ether oxygens (including phenoxy) is 1. The highest BCUT2D eigenvalue weighted by atomic mass is 35.5. The van der Waals surface area contributed by atoms with E-state index < -0.39 is 0 Å². The van der Waals surface area contributed by atoms with Crippen LogP contribution >= 0.6 is 12.4 Å². The molecule has 2 aromatic carbocycles. The molecule has 0 spiro atoms. The fraction of sp³-hybridized carbons (Fsp3) is 0.273. The van der Waals surface area contributed by atoms with Gasteiger partial charge in [-0.2, -0.15) is 0 Å². The number of fused-ring (bicyclic) bond motifs is 2. The Balaban J connectivity index is 0.00000210. The first-order valence-electron chi connectivity index (χ1n) is 9.05. The number of hydrogen-bond donors (Lipinski definition) is 0. The van der Waals surface area contributed by atoms with E-state index in [1.165, 1.54) is 16.5 Å². The van der Waals surface area contributed by atoms with Gasteiger partial charge in [0.1, 0.15) is 6.61 Å². The molecule has 4 rings (SSSR count). The second kappa shape index (κ2) is 8.40. The third kappa shape index (κ3) is 4.06. The van der Waals surface area contributed by atoms with Gasteiger partial charge in [-0.15, -0.1) is 12.4 Å². The predicted octanol–water partition coefficient (Wildman–Crippen LogP) is 4.70. The van der Waals surface area contributed by atoms with Crippen molar-refractivity contribution in [2.45, 2.75) is 26.4 Å². The summed E-state index contributed by atoms with van der Waals surface area (Å²) in [5, 5.41) is 1.20. The Kier molecular flexibility index (Phi) is 5.97. The second-order valence-corrected chi connectivity index (χ2v) is 6.71. The molecule has 0 N–H and O–H groups in total. The van der Waals surface area contributed by atoms with Crippen LogP contribution in [-0.4, -0.2) is 29.1 Å². The number of rotatable bonds is 2. The van der Waals surface area contributed by atoms with Crippen molar-refractivity contribution < 1.29 is 9.53 Å². The molecule has 0 saturated carbocycles. The van der Waals surface area contributed by atoms with Crippen LogP contribution in [0.2, 0.25) is 0 Å². The first-order valence-corrected chi connectivity index (χ1v) is 9.05. The molecule has 0 bridgehead atoms. The molecule has 0 radical (unpaired) electrons. The average Bonchev–Trinajstić information content (AvgIpc) is 2.90. The van der Waals surface area contributed by atoms with Crippen molar-refractivity contribution in [1.29, 1.82) is 0 Å². The van der Waals surface area contributed by atoms with Crippen LogP contribution in [0.5, 0.6) is 0 Å². The molecule has 4 nitrogen and oxygen atoms in total. The minimum atomic E-state index is -0.246. The molecule has 1 aromatic heterocycles. The first kappa shape index (κ1) is 19.2. The van der Waals surface area contributed by atoms with Gasteiger partial charge in [-0.1, -0.05) is 48.5 Å². The molecule has 0 fully saturated rings. The summed E-state index contributed by atoms with van der Waals surface area (Å²) in [6.45, 7) is 3.78. The topological polar surface area (TPSA) is 42.4 Å². The Morgan fingerprint density at radius 2 is 1.74 bits per heavy atom. The lowest BCUT2D eigenvalue weighted by molar-refractivity contribution is 0.0977. The van der Waals surface area contributed by atoms with Crippen molar-refractivity contribution in [3.05, 3.63) is 77.0 Å². The monoisotopic (exact) mass is 382 g/mol. The van der Waals surface area contributed by atoms with E-state index in [1.807, 2.05) is 42.5 Å². The van der Waals surface area contributed by atoms with Crippen LogP contribution < -0.4 is 0 Å². The van der Waals surface area contributed by atoms with Gasteiger partial charge in [-0.3, -0.25) is 4.98 Å². The summed E-state index contributed by atoms with van der Waals surface area (Å²) >= 11 is 0. The first-order chi connectivity index (χ1) is 12.7. The zero-order chi connectivity index (χ0) is 17.9. The highest BCUT2D eigenvalue weighted by molar-refractivity contribution is 5.85. The fourth-order valence-electron chi connectivity index (χ4n) is 3.61. The third-order valence-corrected chi connectivity index (χ3v) is 5.08. The van der Waals surface area contributed by atoms with Gasteiger partial charge in [0.05, 0.1) is 5.52 Å². The van der Waals surface area contributed by atoms with Gasteiger partial charge >= 0.3 is 6.09 Å². The van der Waals surface area contributed by atoms with Crippen molar-refractivity contribution in [3.63, 3.8) is 0 Å². The average molecular weight is 383 g/mol. The number of carbonyl (C=O) groups excluding carboxylic acids is 1. The summed E-state index contributed by atoms with van der Waals surface area (Å²) in [5.74, 6) is 0. The SMILES string of the molecule is Cc1c2c(nc3ccccc13)CCN(C(=O)OCc1ccccc1)CC2.Cl. The maximum absolute atomic E-state index is 12.5. The van der Waals surface area contributed by atoms with Crippen LogP contribution in [0.4, 0.5) is 4.79 Å². The molecular weight excluding hydrogens is 360 g/mol. The lowest BCUT2D eigenvalue weighted by Gasteiger charge is -2.19. The van der Waals surface area contributed by atoms with Crippen LogP contribution in [0.1, 0.15) is 22.4 Å². The van der Waals surface area contributed by atoms with E-state index >= 15 is 0 Å². The molecule has 0 unspecified atom stereocenters. The maximum atomic E-state index is 12.5. The molecule has 3 aromatic rings. The summed E-state index contributed by atoms with van der Waals surface area (Å²) in [6.07, 6.45) is 1.34. The number of nitrogens with zero attached hydrogens (tertiary/aromatic N) is 2. The van der Waals surface area contributed by atoms with E-state index in [0.29, 0.717) is 19.7 Å². The van der Waals surface area contributed by atoms with Crippen LogP contribution in [0.3, 0.4) is 0 Å². The summed E-state index contributed by atoms with van der Waals surface area (Å²) in [5.41, 5.74) is 5.71. The van der Waals surface area contributed by atoms with E-state index in [9.17, 15) is 4.79 Å². The molecule has 1 aliphatic rings. The van der Waals surface area contributed by atoms with Gasteiger partial charge in [0.2, 0.25) is 0 Å². The minimum Gasteiger partial charge on any atom is -0.445 e. The number of pyridine rings is 1. The number of hydrogen-bond acceptors (Lipinski definition) is 3. The zero-order valence-corrected chi connectivity index (χ0v) is 16.2. The molecule has 0 aliphatic carbocycles. The molecule has 27 heavy (non-hydrogen) atoms. The van der Waals surface area contributed by atoms with Crippen LogP contribution in [0.25, 0.3) is 10.9 Å². The van der Waals surface area contributed by atoms with Crippen LogP contribution in [0.15, 0.2) is 54.6 Å². The smallest absolute Gasteiger partial charge is 0.410 e. The van der Waals surface area contributed by atoms with Crippen molar-refractivity contribution in [2.24, 2.45) is 0 Å². The largest absolute Gasteiger partial charge is 0.445 e. The van der Waals surface area contributed by atoms with Crippen molar-refractivity contribution in [3.8, 4) is 0 Å². The summed E-state index contributed by atoms with van der Waals surface area (Å²) in [6, 6.07) is 18.0. The van der Waals surface area contributed by atoms with E-state index in [1.54, 1.807) is 4.90 Å². The highest BCUT2D eigenvalue weighted by Crippen LogP contribution is 2.25.